The number of aryl methyl sites for hydroxylation is 1. The van der Waals surface area contributed by atoms with E-state index in [0.29, 0.717) is 17.8 Å². The molecule has 0 saturated heterocycles. The number of anilines is 2. The Morgan fingerprint density at radius 3 is 2.57 bits per heavy atom. The van der Waals surface area contributed by atoms with Crippen LogP contribution in [0.4, 0.5) is 11.9 Å². The van der Waals surface area contributed by atoms with Crippen LogP contribution in [-0.4, -0.2) is 21.0 Å². The summed E-state index contributed by atoms with van der Waals surface area (Å²) < 4.78 is 0. The van der Waals surface area contributed by atoms with Crippen LogP contribution in [0.3, 0.4) is 0 Å². The van der Waals surface area contributed by atoms with Crippen LogP contribution in [0, 0.1) is 6.92 Å². The van der Waals surface area contributed by atoms with Crippen LogP contribution in [0.1, 0.15) is 31.5 Å². The zero-order chi connectivity index (χ0) is 9.97. The highest BCUT2D eigenvalue weighted by atomic mass is 15.2. The number of hydrogen-bond acceptors (Lipinski definition) is 5. The molecule has 0 amide bonds. The van der Waals surface area contributed by atoms with Gasteiger partial charge in [0, 0.05) is 6.04 Å². The van der Waals surface area contributed by atoms with Crippen LogP contribution in [-0.2, 0) is 0 Å². The summed E-state index contributed by atoms with van der Waals surface area (Å²) in [7, 11) is 0. The number of rotatable bonds is 2. The van der Waals surface area contributed by atoms with Crippen LogP contribution < -0.4 is 11.1 Å². The summed E-state index contributed by atoms with van der Waals surface area (Å²) in [4.78, 5) is 12.2. The van der Waals surface area contributed by atoms with E-state index in [1.54, 1.807) is 0 Å². The van der Waals surface area contributed by atoms with E-state index in [0.717, 1.165) is 0 Å². The lowest BCUT2D eigenvalue weighted by molar-refractivity contribution is 0.740. The zero-order valence-electron chi connectivity index (χ0n) is 8.32. The molecular weight excluding hydrogens is 178 g/mol. The van der Waals surface area contributed by atoms with Crippen LogP contribution in [0.5, 0.6) is 0 Å². The minimum absolute atomic E-state index is 0.290. The second kappa shape index (κ2) is 3.77. The van der Waals surface area contributed by atoms with Crippen molar-refractivity contribution in [3.8, 4) is 0 Å². The predicted octanol–water partition coefficient (Wildman–Crippen LogP) is 1.12. The molecule has 1 aliphatic carbocycles. The molecule has 0 bridgehead atoms. The maximum atomic E-state index is 5.53. The van der Waals surface area contributed by atoms with Gasteiger partial charge in [-0.1, -0.05) is 12.8 Å². The molecule has 0 spiro atoms. The Morgan fingerprint density at radius 1 is 1.21 bits per heavy atom. The van der Waals surface area contributed by atoms with E-state index in [1.165, 1.54) is 25.7 Å². The summed E-state index contributed by atoms with van der Waals surface area (Å²) in [5.74, 6) is 1.57. The molecule has 3 N–H and O–H groups in total. The molecule has 1 aliphatic rings. The maximum absolute atomic E-state index is 5.53. The number of hydrogen-bond donors (Lipinski definition) is 2. The summed E-state index contributed by atoms with van der Waals surface area (Å²) in [6.07, 6.45) is 4.98. The average Bonchev–Trinajstić information content (AvgIpc) is 2.54. The molecule has 1 heterocycles. The van der Waals surface area contributed by atoms with Gasteiger partial charge in [-0.15, -0.1) is 0 Å². The maximum Gasteiger partial charge on any atom is 0.227 e. The standard InChI is InChI=1S/C9H15N5/c1-6-11-8(10)14-9(12-6)13-7-4-2-3-5-7/h7H,2-5H2,1H3,(H3,10,11,12,13,14). The number of nitrogen functional groups attached to an aromatic ring is 1. The van der Waals surface area contributed by atoms with Gasteiger partial charge < -0.3 is 11.1 Å². The Hall–Kier alpha value is -1.39. The van der Waals surface area contributed by atoms with E-state index in [2.05, 4.69) is 20.3 Å². The number of nitrogens with two attached hydrogens (primary N) is 1. The fourth-order valence-electron chi connectivity index (χ4n) is 1.82. The Morgan fingerprint density at radius 2 is 1.93 bits per heavy atom. The van der Waals surface area contributed by atoms with Gasteiger partial charge in [0.2, 0.25) is 11.9 Å². The largest absolute Gasteiger partial charge is 0.368 e. The fourth-order valence-corrected chi connectivity index (χ4v) is 1.82. The quantitative estimate of drug-likeness (QED) is 0.736. The second-order valence-electron chi connectivity index (χ2n) is 3.69. The van der Waals surface area contributed by atoms with Crippen molar-refractivity contribution < 1.29 is 0 Å². The van der Waals surface area contributed by atoms with Crippen molar-refractivity contribution in [1.82, 2.24) is 15.0 Å². The second-order valence-corrected chi connectivity index (χ2v) is 3.69. The van der Waals surface area contributed by atoms with Gasteiger partial charge >= 0.3 is 0 Å². The molecule has 0 atom stereocenters. The molecule has 5 nitrogen and oxygen atoms in total. The topological polar surface area (TPSA) is 76.7 Å². The highest BCUT2D eigenvalue weighted by Gasteiger charge is 2.15. The van der Waals surface area contributed by atoms with E-state index >= 15 is 0 Å². The third-order valence-corrected chi connectivity index (χ3v) is 2.45. The molecule has 1 aromatic heterocycles. The van der Waals surface area contributed by atoms with Gasteiger partial charge in [-0.05, 0) is 19.8 Å². The molecule has 1 saturated carbocycles. The Balaban J connectivity index is 2.07. The monoisotopic (exact) mass is 193 g/mol. The molecular formula is C9H15N5. The van der Waals surface area contributed by atoms with E-state index in [9.17, 15) is 0 Å². The molecule has 1 fully saturated rings. The Bertz CT molecular complexity index is 299. The smallest absolute Gasteiger partial charge is 0.227 e. The lowest BCUT2D eigenvalue weighted by Crippen LogP contribution is -2.18. The summed E-state index contributed by atoms with van der Waals surface area (Å²) >= 11 is 0. The number of nitrogens with one attached hydrogen (secondary N) is 1. The minimum Gasteiger partial charge on any atom is -0.368 e. The van der Waals surface area contributed by atoms with Crippen molar-refractivity contribution in [2.45, 2.75) is 38.6 Å². The molecule has 0 aliphatic heterocycles. The highest BCUT2D eigenvalue weighted by molar-refractivity contribution is 5.32. The van der Waals surface area contributed by atoms with Crippen LogP contribution in [0.15, 0.2) is 0 Å². The lowest BCUT2D eigenvalue weighted by Gasteiger charge is -2.11. The van der Waals surface area contributed by atoms with Crippen molar-refractivity contribution in [2.75, 3.05) is 11.1 Å². The normalized spacial score (nSPS) is 17.2. The number of nitrogens with zero attached hydrogens (tertiary/aromatic N) is 3. The molecule has 0 radical (unpaired) electrons. The first kappa shape index (κ1) is 9.18. The third-order valence-electron chi connectivity index (χ3n) is 2.45. The molecule has 5 heteroatoms. The molecule has 0 unspecified atom stereocenters. The molecule has 14 heavy (non-hydrogen) atoms. The molecule has 2 rings (SSSR count). The highest BCUT2D eigenvalue weighted by Crippen LogP contribution is 2.20. The first-order valence-corrected chi connectivity index (χ1v) is 4.99. The van der Waals surface area contributed by atoms with Gasteiger partial charge in [0.05, 0.1) is 0 Å². The summed E-state index contributed by atoms with van der Waals surface area (Å²) in [5.41, 5.74) is 5.53. The van der Waals surface area contributed by atoms with Gasteiger partial charge in [-0.3, -0.25) is 0 Å². The summed E-state index contributed by atoms with van der Waals surface area (Å²) in [6, 6.07) is 0.510. The van der Waals surface area contributed by atoms with E-state index in [-0.39, 0.29) is 5.95 Å². The third kappa shape index (κ3) is 2.10. The summed E-state index contributed by atoms with van der Waals surface area (Å²) in [6.45, 7) is 1.82. The average molecular weight is 193 g/mol. The van der Waals surface area contributed by atoms with Gasteiger partial charge in [0.25, 0.3) is 0 Å². The van der Waals surface area contributed by atoms with Gasteiger partial charge in [-0.2, -0.15) is 15.0 Å². The van der Waals surface area contributed by atoms with Crippen molar-refractivity contribution in [2.24, 2.45) is 0 Å². The van der Waals surface area contributed by atoms with Crippen LogP contribution in [0.2, 0.25) is 0 Å². The lowest BCUT2D eigenvalue weighted by atomic mass is 10.3. The van der Waals surface area contributed by atoms with Gasteiger partial charge in [0.15, 0.2) is 0 Å². The number of aromatic nitrogens is 3. The molecule has 76 valence electrons. The van der Waals surface area contributed by atoms with E-state index in [4.69, 9.17) is 5.73 Å². The van der Waals surface area contributed by atoms with Gasteiger partial charge in [-0.25, -0.2) is 0 Å². The van der Waals surface area contributed by atoms with Crippen molar-refractivity contribution in [3.05, 3.63) is 5.82 Å². The van der Waals surface area contributed by atoms with Crippen LogP contribution >= 0.6 is 0 Å². The van der Waals surface area contributed by atoms with E-state index in [1.807, 2.05) is 6.92 Å². The Labute approximate surface area is 83.2 Å². The fraction of sp³-hybridized carbons (Fsp3) is 0.667. The van der Waals surface area contributed by atoms with Crippen molar-refractivity contribution >= 4 is 11.9 Å². The first-order valence-electron chi connectivity index (χ1n) is 4.99. The zero-order valence-corrected chi connectivity index (χ0v) is 8.32. The molecule has 1 aromatic rings. The predicted molar refractivity (Wildman–Crippen MR) is 54.9 cm³/mol. The minimum atomic E-state index is 0.290. The SMILES string of the molecule is Cc1nc(N)nc(NC2CCCC2)n1. The van der Waals surface area contributed by atoms with Gasteiger partial charge in [0.1, 0.15) is 5.82 Å². The summed E-state index contributed by atoms with van der Waals surface area (Å²) in [5, 5.41) is 3.28. The molecule has 0 aromatic carbocycles. The van der Waals surface area contributed by atoms with E-state index < -0.39 is 0 Å². The van der Waals surface area contributed by atoms with Crippen molar-refractivity contribution in [3.63, 3.8) is 0 Å². The van der Waals surface area contributed by atoms with Crippen molar-refractivity contribution in [1.29, 1.82) is 0 Å². The Kier molecular flexibility index (Phi) is 2.47. The first-order chi connectivity index (χ1) is 6.74. The van der Waals surface area contributed by atoms with Crippen LogP contribution in [0.25, 0.3) is 0 Å².